The third-order valence-corrected chi connectivity index (χ3v) is 5.67. The number of ether oxygens (including phenoxy) is 2. The summed E-state index contributed by atoms with van der Waals surface area (Å²) in [6, 6.07) is 34.1. The highest BCUT2D eigenvalue weighted by atomic mass is 35.5. The van der Waals surface area contributed by atoms with Crippen LogP contribution < -0.4 is 9.64 Å². The van der Waals surface area contributed by atoms with Gasteiger partial charge in [-0.3, -0.25) is 4.90 Å². The van der Waals surface area contributed by atoms with E-state index in [9.17, 15) is 4.79 Å². The first-order valence-electron chi connectivity index (χ1n) is 10.3. The number of benzene rings is 4. The van der Waals surface area contributed by atoms with E-state index in [0.717, 1.165) is 16.8 Å². The van der Waals surface area contributed by atoms with Gasteiger partial charge >= 0.3 is 6.09 Å². The second-order valence-electron chi connectivity index (χ2n) is 7.49. The fraction of sp³-hybridized carbons (Fsp3) is 0.0741. The van der Waals surface area contributed by atoms with Crippen molar-refractivity contribution in [3.05, 3.63) is 125 Å². The molecule has 4 aromatic rings. The molecule has 1 aliphatic heterocycles. The molecule has 0 N–H and O–H groups in total. The topological polar surface area (TPSA) is 38.8 Å². The van der Waals surface area contributed by atoms with E-state index in [1.807, 2.05) is 97.1 Å². The molecular weight excluding hydrogens is 422 g/mol. The predicted molar refractivity (Wildman–Crippen MR) is 125 cm³/mol. The van der Waals surface area contributed by atoms with Crippen molar-refractivity contribution < 1.29 is 14.3 Å². The summed E-state index contributed by atoms with van der Waals surface area (Å²) >= 11 is 5.94. The first-order valence-corrected chi connectivity index (χ1v) is 10.7. The molecule has 32 heavy (non-hydrogen) atoms. The summed E-state index contributed by atoms with van der Waals surface area (Å²) in [5.41, 5.74) is 2.71. The van der Waals surface area contributed by atoms with Gasteiger partial charge in [-0.15, -0.1) is 0 Å². The van der Waals surface area contributed by atoms with Gasteiger partial charge < -0.3 is 9.47 Å². The Balaban J connectivity index is 1.46. The summed E-state index contributed by atoms with van der Waals surface area (Å²) in [6.45, 7) is 0. The number of carbonyl (C=O) groups is 1. The molecule has 0 aliphatic carbocycles. The molecule has 1 saturated heterocycles. The van der Waals surface area contributed by atoms with Gasteiger partial charge in [0.05, 0.1) is 0 Å². The van der Waals surface area contributed by atoms with Crippen molar-refractivity contribution >= 4 is 23.4 Å². The molecule has 1 aliphatic rings. The monoisotopic (exact) mass is 441 g/mol. The first kappa shape index (κ1) is 20.2. The van der Waals surface area contributed by atoms with Crippen LogP contribution in [0.4, 0.5) is 10.5 Å². The molecule has 0 spiro atoms. The van der Waals surface area contributed by atoms with Crippen molar-refractivity contribution in [2.75, 3.05) is 4.90 Å². The SMILES string of the molecule is O=C1O[C@H](c2ccccc2)[C@H](c2ccccc2)N1c1ccc(Oc2ccc(Cl)cc2)cc1. The number of halogens is 1. The number of nitrogens with zero attached hydrogens (tertiary/aromatic N) is 1. The zero-order valence-electron chi connectivity index (χ0n) is 17.1. The van der Waals surface area contributed by atoms with Crippen LogP contribution in [-0.2, 0) is 4.74 Å². The second kappa shape index (κ2) is 8.77. The zero-order valence-corrected chi connectivity index (χ0v) is 17.9. The summed E-state index contributed by atoms with van der Waals surface area (Å²) < 4.78 is 11.7. The molecule has 1 heterocycles. The van der Waals surface area contributed by atoms with E-state index in [4.69, 9.17) is 21.1 Å². The van der Waals surface area contributed by atoms with Gasteiger partial charge in [0, 0.05) is 10.7 Å². The highest BCUT2D eigenvalue weighted by molar-refractivity contribution is 6.30. The molecule has 1 amide bonds. The van der Waals surface area contributed by atoms with Gasteiger partial charge in [0.2, 0.25) is 0 Å². The minimum atomic E-state index is -0.406. The van der Waals surface area contributed by atoms with E-state index >= 15 is 0 Å². The summed E-state index contributed by atoms with van der Waals surface area (Å²) in [7, 11) is 0. The van der Waals surface area contributed by atoms with Gasteiger partial charge in [0.15, 0.2) is 6.10 Å². The Hall–Kier alpha value is -3.76. The molecule has 5 rings (SSSR count). The number of amides is 1. The summed E-state index contributed by atoms with van der Waals surface area (Å²) in [6.07, 6.45) is -0.782. The average molecular weight is 442 g/mol. The predicted octanol–water partition coefficient (Wildman–Crippen LogP) is 7.57. The number of rotatable bonds is 5. The normalized spacial score (nSPS) is 17.8. The summed E-state index contributed by atoms with van der Waals surface area (Å²) in [4.78, 5) is 14.7. The highest BCUT2D eigenvalue weighted by Crippen LogP contribution is 2.45. The lowest BCUT2D eigenvalue weighted by atomic mass is 9.95. The zero-order chi connectivity index (χ0) is 21.9. The number of anilines is 1. The van der Waals surface area contributed by atoms with Crippen molar-refractivity contribution in [3.8, 4) is 11.5 Å². The molecule has 158 valence electrons. The van der Waals surface area contributed by atoms with Crippen molar-refractivity contribution in [1.82, 2.24) is 0 Å². The molecule has 0 unspecified atom stereocenters. The van der Waals surface area contributed by atoms with Crippen LogP contribution in [0.5, 0.6) is 11.5 Å². The maximum Gasteiger partial charge on any atom is 0.415 e. The highest BCUT2D eigenvalue weighted by Gasteiger charge is 2.44. The summed E-state index contributed by atoms with van der Waals surface area (Å²) in [5.74, 6) is 1.36. The van der Waals surface area contributed by atoms with E-state index in [2.05, 4.69) is 0 Å². The number of hydrogen-bond acceptors (Lipinski definition) is 3. The fourth-order valence-electron chi connectivity index (χ4n) is 3.93. The number of carbonyl (C=O) groups excluding carboxylic acids is 1. The molecule has 5 heteroatoms. The second-order valence-corrected chi connectivity index (χ2v) is 7.93. The fourth-order valence-corrected chi connectivity index (χ4v) is 4.05. The van der Waals surface area contributed by atoms with E-state index in [1.165, 1.54) is 0 Å². The Labute approximate surface area is 191 Å². The van der Waals surface area contributed by atoms with Crippen LogP contribution in [0.2, 0.25) is 5.02 Å². The Morgan fingerprint density at radius 2 is 1.22 bits per heavy atom. The van der Waals surface area contributed by atoms with Crippen LogP contribution in [0.1, 0.15) is 23.3 Å². The van der Waals surface area contributed by atoms with Gasteiger partial charge in [0.1, 0.15) is 17.5 Å². The molecule has 0 aromatic heterocycles. The van der Waals surface area contributed by atoms with Crippen molar-refractivity contribution in [3.63, 3.8) is 0 Å². The standard InChI is InChI=1S/C27H20ClNO3/c28-21-11-15-23(16-12-21)31-24-17-13-22(14-18-24)29-25(19-7-3-1-4-8-19)26(32-27(29)30)20-9-5-2-6-10-20/h1-18,25-26H/t25-,26+/m0/s1. The molecule has 0 saturated carbocycles. The molecule has 0 radical (unpaired) electrons. The van der Waals surface area contributed by atoms with Crippen molar-refractivity contribution in [2.45, 2.75) is 12.1 Å². The van der Waals surface area contributed by atoms with E-state index in [0.29, 0.717) is 16.5 Å². The maximum atomic E-state index is 13.0. The van der Waals surface area contributed by atoms with Gasteiger partial charge in [0.25, 0.3) is 0 Å². The van der Waals surface area contributed by atoms with Crippen LogP contribution in [0, 0.1) is 0 Å². The Morgan fingerprint density at radius 3 is 1.81 bits per heavy atom. The Kier molecular flexibility index (Phi) is 5.53. The van der Waals surface area contributed by atoms with Gasteiger partial charge in [-0.25, -0.2) is 4.79 Å². The van der Waals surface area contributed by atoms with E-state index < -0.39 is 6.10 Å². The molecule has 1 fully saturated rings. The average Bonchev–Trinajstić information content (AvgIpc) is 3.19. The largest absolute Gasteiger partial charge is 0.457 e. The quantitative estimate of drug-likeness (QED) is 0.320. The van der Waals surface area contributed by atoms with Crippen LogP contribution in [0.25, 0.3) is 0 Å². The Bertz CT molecular complexity index is 1200. The third-order valence-electron chi connectivity index (χ3n) is 5.42. The lowest BCUT2D eigenvalue weighted by Crippen LogP contribution is -2.27. The Morgan fingerprint density at radius 1 is 0.688 bits per heavy atom. The van der Waals surface area contributed by atoms with Crippen molar-refractivity contribution in [2.24, 2.45) is 0 Å². The third kappa shape index (κ3) is 4.05. The smallest absolute Gasteiger partial charge is 0.415 e. The molecule has 2 atom stereocenters. The molecule has 4 aromatic carbocycles. The molecule has 4 nitrogen and oxygen atoms in total. The van der Waals surface area contributed by atoms with Crippen LogP contribution >= 0.6 is 11.6 Å². The molecular formula is C27H20ClNO3. The van der Waals surface area contributed by atoms with Crippen LogP contribution in [0.3, 0.4) is 0 Å². The van der Waals surface area contributed by atoms with Crippen LogP contribution in [0.15, 0.2) is 109 Å². The lowest BCUT2D eigenvalue weighted by Gasteiger charge is -2.25. The van der Waals surface area contributed by atoms with Crippen molar-refractivity contribution in [1.29, 1.82) is 0 Å². The van der Waals surface area contributed by atoms with Crippen LogP contribution in [-0.4, -0.2) is 6.09 Å². The molecule has 0 bridgehead atoms. The lowest BCUT2D eigenvalue weighted by molar-refractivity contribution is 0.132. The van der Waals surface area contributed by atoms with Gasteiger partial charge in [-0.2, -0.15) is 0 Å². The number of hydrogen-bond donors (Lipinski definition) is 0. The van der Waals surface area contributed by atoms with E-state index in [-0.39, 0.29) is 12.1 Å². The maximum absolute atomic E-state index is 13.0. The van der Waals surface area contributed by atoms with E-state index in [1.54, 1.807) is 17.0 Å². The van der Waals surface area contributed by atoms with Gasteiger partial charge in [-0.05, 0) is 59.7 Å². The first-order chi connectivity index (χ1) is 15.7. The van der Waals surface area contributed by atoms with Gasteiger partial charge in [-0.1, -0.05) is 72.3 Å². The number of cyclic esters (lactones) is 1. The summed E-state index contributed by atoms with van der Waals surface area (Å²) in [5, 5.41) is 0.653. The minimum Gasteiger partial charge on any atom is -0.457 e. The minimum absolute atomic E-state index is 0.283.